The van der Waals surface area contributed by atoms with Crippen LogP contribution in [0.15, 0.2) is 47.0 Å². The molecule has 0 saturated carbocycles. The predicted octanol–water partition coefficient (Wildman–Crippen LogP) is 3.19. The zero-order valence-electron chi connectivity index (χ0n) is 12.5. The van der Waals surface area contributed by atoms with E-state index in [1.165, 1.54) is 0 Å². The zero-order chi connectivity index (χ0) is 15.8. The number of carbonyl (C=O) groups is 1. The van der Waals surface area contributed by atoms with Crippen molar-refractivity contribution in [2.24, 2.45) is 0 Å². The lowest BCUT2D eigenvalue weighted by molar-refractivity contribution is -0.115. The van der Waals surface area contributed by atoms with Gasteiger partial charge in [-0.05, 0) is 35.9 Å². The Hall–Kier alpha value is -3.15. The molecular weight excluding hydrogens is 292 g/mol. The van der Waals surface area contributed by atoms with Gasteiger partial charge in [-0.25, -0.2) is 4.98 Å². The Kier molecular flexibility index (Phi) is 3.08. The zero-order valence-corrected chi connectivity index (χ0v) is 12.5. The first-order valence-corrected chi connectivity index (χ1v) is 7.26. The molecule has 0 aliphatic carbocycles. The van der Waals surface area contributed by atoms with Gasteiger partial charge in [-0.15, -0.1) is 0 Å². The quantitative estimate of drug-likeness (QED) is 0.609. The summed E-state index contributed by atoms with van der Waals surface area (Å²) in [6, 6.07) is 11.2. The second kappa shape index (κ2) is 5.24. The summed E-state index contributed by atoms with van der Waals surface area (Å²) in [5, 5.41) is 10.8. The Morgan fingerprint density at radius 1 is 1.26 bits per heavy atom. The third-order valence-electron chi connectivity index (χ3n) is 3.65. The van der Waals surface area contributed by atoms with Gasteiger partial charge in [-0.1, -0.05) is 6.07 Å². The van der Waals surface area contributed by atoms with Crippen LogP contribution in [0.2, 0.25) is 0 Å². The number of hydrogen-bond acceptors (Lipinski definition) is 4. The van der Waals surface area contributed by atoms with Crippen molar-refractivity contribution in [1.29, 1.82) is 0 Å². The third-order valence-corrected chi connectivity index (χ3v) is 3.65. The normalized spacial score (nSPS) is 11.2. The lowest BCUT2D eigenvalue weighted by Crippen LogP contribution is -2.14. The third kappa shape index (κ3) is 2.66. The number of oxazole rings is 1. The highest BCUT2D eigenvalue weighted by Crippen LogP contribution is 2.19. The van der Waals surface area contributed by atoms with Gasteiger partial charge in [0, 0.05) is 18.0 Å². The van der Waals surface area contributed by atoms with Crippen molar-refractivity contribution >= 4 is 33.6 Å². The summed E-state index contributed by atoms with van der Waals surface area (Å²) in [5.74, 6) is 0.536. The average Bonchev–Trinajstić information content (AvgIpc) is 3.11. The minimum Gasteiger partial charge on any atom is -0.441 e. The van der Waals surface area contributed by atoms with Gasteiger partial charge in [0.25, 0.3) is 0 Å². The number of rotatable bonds is 3. The molecule has 0 saturated heterocycles. The van der Waals surface area contributed by atoms with E-state index in [-0.39, 0.29) is 12.3 Å². The molecular formula is C17H14N4O2. The second-order valence-electron chi connectivity index (χ2n) is 5.43. The maximum Gasteiger partial charge on any atom is 0.228 e. The first kappa shape index (κ1) is 13.5. The first-order chi connectivity index (χ1) is 11.2. The van der Waals surface area contributed by atoms with Gasteiger partial charge < -0.3 is 9.73 Å². The van der Waals surface area contributed by atoms with Gasteiger partial charge in [-0.2, -0.15) is 5.10 Å². The van der Waals surface area contributed by atoms with Gasteiger partial charge in [0.2, 0.25) is 5.91 Å². The molecule has 0 atom stereocenters. The van der Waals surface area contributed by atoms with Crippen molar-refractivity contribution in [1.82, 2.24) is 15.2 Å². The van der Waals surface area contributed by atoms with Crippen molar-refractivity contribution in [2.45, 2.75) is 13.3 Å². The molecule has 2 heterocycles. The van der Waals surface area contributed by atoms with Gasteiger partial charge in [0.05, 0.1) is 18.1 Å². The molecule has 1 amide bonds. The standard InChI is InChI=1S/C17H14N4O2/c1-10-19-14-5-2-11(6-16(14)23-10)7-17(22)20-13-4-3-12-9-18-21-15(12)8-13/h2-6,8-9H,7H2,1H3,(H,18,21)(H,20,22). The molecule has 0 fully saturated rings. The number of fused-ring (bicyclic) bond motifs is 2. The van der Waals surface area contributed by atoms with Crippen LogP contribution in [-0.4, -0.2) is 21.1 Å². The molecule has 4 rings (SSSR count). The summed E-state index contributed by atoms with van der Waals surface area (Å²) in [5.41, 5.74) is 4.02. The van der Waals surface area contributed by atoms with E-state index in [2.05, 4.69) is 20.5 Å². The number of nitrogens with zero attached hydrogens (tertiary/aromatic N) is 2. The number of benzene rings is 2. The van der Waals surface area contributed by atoms with Crippen LogP contribution < -0.4 is 5.32 Å². The monoisotopic (exact) mass is 306 g/mol. The number of aryl methyl sites for hydroxylation is 1. The lowest BCUT2D eigenvalue weighted by Gasteiger charge is -2.05. The molecule has 114 valence electrons. The molecule has 2 aromatic heterocycles. The number of aromatic amines is 1. The molecule has 6 nitrogen and oxygen atoms in total. The van der Waals surface area contributed by atoms with Gasteiger partial charge in [-0.3, -0.25) is 9.89 Å². The minimum absolute atomic E-state index is 0.0838. The van der Waals surface area contributed by atoms with Crippen LogP contribution in [0.4, 0.5) is 5.69 Å². The number of H-pyrrole nitrogens is 1. The van der Waals surface area contributed by atoms with Crippen molar-refractivity contribution in [2.75, 3.05) is 5.32 Å². The molecule has 0 aliphatic heterocycles. The summed E-state index contributed by atoms with van der Waals surface area (Å²) in [4.78, 5) is 16.5. The fourth-order valence-electron chi connectivity index (χ4n) is 2.60. The van der Waals surface area contributed by atoms with Crippen LogP contribution in [0.3, 0.4) is 0 Å². The second-order valence-corrected chi connectivity index (χ2v) is 5.43. The van der Waals surface area contributed by atoms with Gasteiger partial charge in [0.15, 0.2) is 11.5 Å². The van der Waals surface area contributed by atoms with Crippen LogP contribution in [0, 0.1) is 6.92 Å². The highest BCUT2D eigenvalue weighted by atomic mass is 16.3. The summed E-state index contributed by atoms with van der Waals surface area (Å²) in [7, 11) is 0. The predicted molar refractivity (Wildman–Crippen MR) is 87.2 cm³/mol. The Labute approximate surface area is 131 Å². The van der Waals surface area contributed by atoms with Gasteiger partial charge in [0.1, 0.15) is 5.52 Å². The largest absolute Gasteiger partial charge is 0.441 e. The molecule has 0 aliphatic rings. The maximum atomic E-state index is 12.2. The summed E-state index contributed by atoms with van der Waals surface area (Å²) < 4.78 is 5.49. The number of hydrogen-bond donors (Lipinski definition) is 2. The van der Waals surface area contributed by atoms with E-state index in [0.29, 0.717) is 11.5 Å². The van der Waals surface area contributed by atoms with Crippen LogP contribution in [-0.2, 0) is 11.2 Å². The Bertz CT molecular complexity index is 1020. The maximum absolute atomic E-state index is 12.2. The van der Waals surface area contributed by atoms with Gasteiger partial charge >= 0.3 is 0 Å². The Morgan fingerprint density at radius 3 is 3.09 bits per heavy atom. The van der Waals surface area contributed by atoms with Crippen molar-refractivity contribution < 1.29 is 9.21 Å². The summed E-state index contributed by atoms with van der Waals surface area (Å²) in [6.45, 7) is 1.80. The highest BCUT2D eigenvalue weighted by Gasteiger charge is 2.08. The molecule has 0 unspecified atom stereocenters. The van der Waals surface area contributed by atoms with Crippen molar-refractivity contribution in [3.63, 3.8) is 0 Å². The van der Waals surface area contributed by atoms with E-state index in [1.807, 2.05) is 36.4 Å². The van der Waals surface area contributed by atoms with Crippen molar-refractivity contribution in [3.05, 3.63) is 54.0 Å². The van der Waals surface area contributed by atoms with Crippen LogP contribution in [0.1, 0.15) is 11.5 Å². The summed E-state index contributed by atoms with van der Waals surface area (Å²) >= 11 is 0. The highest BCUT2D eigenvalue weighted by molar-refractivity contribution is 5.94. The molecule has 0 spiro atoms. The molecule has 2 aromatic carbocycles. The van der Waals surface area contributed by atoms with E-state index in [1.54, 1.807) is 13.1 Å². The Morgan fingerprint density at radius 2 is 2.17 bits per heavy atom. The fourth-order valence-corrected chi connectivity index (χ4v) is 2.60. The first-order valence-electron chi connectivity index (χ1n) is 7.26. The van der Waals surface area contributed by atoms with E-state index in [0.717, 1.165) is 27.7 Å². The fraction of sp³-hybridized carbons (Fsp3) is 0.118. The molecule has 4 aromatic rings. The van der Waals surface area contributed by atoms with E-state index in [4.69, 9.17) is 4.42 Å². The Balaban J connectivity index is 1.51. The van der Waals surface area contributed by atoms with Crippen LogP contribution in [0.25, 0.3) is 22.0 Å². The number of anilines is 1. The van der Waals surface area contributed by atoms with E-state index >= 15 is 0 Å². The molecule has 0 bridgehead atoms. The van der Waals surface area contributed by atoms with E-state index in [9.17, 15) is 4.79 Å². The summed E-state index contributed by atoms with van der Waals surface area (Å²) in [6.07, 6.45) is 2.02. The molecule has 23 heavy (non-hydrogen) atoms. The number of aromatic nitrogens is 3. The smallest absolute Gasteiger partial charge is 0.228 e. The molecule has 2 N–H and O–H groups in total. The number of amides is 1. The molecule has 6 heteroatoms. The minimum atomic E-state index is -0.0838. The molecule has 0 radical (unpaired) electrons. The van der Waals surface area contributed by atoms with E-state index < -0.39 is 0 Å². The van der Waals surface area contributed by atoms with Crippen molar-refractivity contribution in [3.8, 4) is 0 Å². The topological polar surface area (TPSA) is 83.8 Å². The van der Waals surface area contributed by atoms with Crippen LogP contribution in [0.5, 0.6) is 0 Å². The number of nitrogens with one attached hydrogen (secondary N) is 2. The SMILES string of the molecule is Cc1nc2ccc(CC(=O)Nc3ccc4cn[nH]c4c3)cc2o1. The number of carbonyl (C=O) groups excluding carboxylic acids is 1. The average molecular weight is 306 g/mol. The van der Waals surface area contributed by atoms with Crippen LogP contribution >= 0.6 is 0 Å². The lowest BCUT2D eigenvalue weighted by atomic mass is 10.1.